The van der Waals surface area contributed by atoms with E-state index in [1.807, 2.05) is 5.43 Å². The van der Waals surface area contributed by atoms with Gasteiger partial charge in [0.1, 0.15) is 12.4 Å². The van der Waals surface area contributed by atoms with Gasteiger partial charge >= 0.3 is 23.6 Å². The van der Waals surface area contributed by atoms with Gasteiger partial charge in [-0.15, -0.1) is 0 Å². The van der Waals surface area contributed by atoms with E-state index in [0.717, 1.165) is 25.9 Å². The van der Waals surface area contributed by atoms with E-state index in [2.05, 4.69) is 10.7 Å². The number of hydrazine groups is 1. The number of carbonyl (C=O) groups excluding carboxylic acids is 2. The zero-order valence-electron chi connectivity index (χ0n) is 15.6. The van der Waals surface area contributed by atoms with Crippen molar-refractivity contribution in [3.8, 4) is 5.75 Å². The first kappa shape index (κ1) is 22.1. The Balaban J connectivity index is 2.08. The number of aliphatic carboxylic acids is 2. The highest BCUT2D eigenvalue weighted by atomic mass is 16.7. The van der Waals surface area contributed by atoms with Crippen molar-refractivity contribution < 1.29 is 38.9 Å². The first-order chi connectivity index (χ1) is 13.8. The number of amides is 2. The summed E-state index contributed by atoms with van der Waals surface area (Å²) in [5, 5.41) is 21.6. The van der Waals surface area contributed by atoms with Crippen LogP contribution in [0.15, 0.2) is 30.3 Å². The summed E-state index contributed by atoms with van der Waals surface area (Å²) >= 11 is 0. The number of nitrogens with one attached hydrogen (secondary N) is 3. The highest BCUT2D eigenvalue weighted by Gasteiger charge is 2.52. The van der Waals surface area contributed by atoms with E-state index in [-0.39, 0.29) is 18.1 Å². The van der Waals surface area contributed by atoms with Gasteiger partial charge in [-0.1, -0.05) is 18.2 Å². The van der Waals surface area contributed by atoms with Crippen LogP contribution in [-0.2, 0) is 23.9 Å². The normalized spacial score (nSPS) is 16.3. The maximum Gasteiger partial charge on any atom is 0.394 e. The number of ether oxygens (including phenoxy) is 2. The van der Waals surface area contributed by atoms with Crippen LogP contribution in [-0.4, -0.2) is 59.4 Å². The minimum atomic E-state index is -3.01. The molecule has 11 nitrogen and oxygen atoms in total. The molecule has 1 saturated heterocycles. The molecular weight excluding hydrogens is 386 g/mol. The molecule has 1 atom stereocenters. The van der Waals surface area contributed by atoms with Crippen LogP contribution in [0.3, 0.4) is 0 Å². The second-order valence-corrected chi connectivity index (χ2v) is 6.42. The highest BCUT2D eigenvalue weighted by Crippen LogP contribution is 2.21. The Kier molecular flexibility index (Phi) is 7.92. The third kappa shape index (κ3) is 6.43. The number of hydrogen-bond acceptors (Lipinski definition) is 7. The van der Waals surface area contributed by atoms with E-state index in [4.69, 9.17) is 14.6 Å². The van der Waals surface area contributed by atoms with Crippen LogP contribution in [0.2, 0.25) is 0 Å². The van der Waals surface area contributed by atoms with Gasteiger partial charge in [-0.3, -0.25) is 20.4 Å². The maximum atomic E-state index is 12.6. The average molecular weight is 409 g/mol. The van der Waals surface area contributed by atoms with Gasteiger partial charge < -0.3 is 25.0 Å². The zero-order valence-corrected chi connectivity index (χ0v) is 15.6. The van der Waals surface area contributed by atoms with Crippen molar-refractivity contribution >= 4 is 23.8 Å². The van der Waals surface area contributed by atoms with Crippen molar-refractivity contribution in [3.05, 3.63) is 30.3 Å². The van der Waals surface area contributed by atoms with Crippen molar-refractivity contribution in [2.75, 3.05) is 19.7 Å². The lowest BCUT2D eigenvalue weighted by molar-refractivity contribution is -0.214. The highest BCUT2D eigenvalue weighted by molar-refractivity contribution is 6.04. The van der Waals surface area contributed by atoms with Gasteiger partial charge in [-0.05, 0) is 44.0 Å². The molecule has 1 fully saturated rings. The molecule has 1 aromatic rings. The molecule has 1 aliphatic rings. The minimum absolute atomic E-state index is 0.0449. The summed E-state index contributed by atoms with van der Waals surface area (Å²) in [5.74, 6) is -8.20. The molecule has 1 aliphatic heterocycles. The molecule has 1 heterocycles. The van der Waals surface area contributed by atoms with Gasteiger partial charge in [0.2, 0.25) is 5.91 Å². The Morgan fingerprint density at radius 2 is 1.72 bits per heavy atom. The molecule has 0 radical (unpaired) electrons. The fourth-order valence-electron chi connectivity index (χ4n) is 2.77. The predicted octanol–water partition coefficient (Wildman–Crippen LogP) is -0.515. The van der Waals surface area contributed by atoms with Crippen LogP contribution < -0.4 is 20.9 Å². The standard InChI is InChI=1S/C18H23N3O8/c22-14(10-12-6-8-19-9-7-12)20-21-16(25)18(17(26)27,28-11-15(23)24)29-13-4-2-1-3-5-13/h1-5,12,19H,6-11H2,(H,20,22)(H,21,25)(H,23,24)(H,26,27). The summed E-state index contributed by atoms with van der Waals surface area (Å²) in [6, 6.07) is 7.42. The van der Waals surface area contributed by atoms with E-state index in [0.29, 0.717) is 0 Å². The van der Waals surface area contributed by atoms with Crippen molar-refractivity contribution in [1.29, 1.82) is 0 Å². The molecule has 5 N–H and O–H groups in total. The molecule has 158 valence electrons. The molecule has 0 aliphatic carbocycles. The van der Waals surface area contributed by atoms with Gasteiger partial charge in [0, 0.05) is 6.42 Å². The van der Waals surface area contributed by atoms with E-state index in [1.165, 1.54) is 24.3 Å². The van der Waals surface area contributed by atoms with Crippen LogP contribution in [0.4, 0.5) is 0 Å². The monoisotopic (exact) mass is 409 g/mol. The van der Waals surface area contributed by atoms with E-state index in [9.17, 15) is 24.3 Å². The number of hydrogen-bond donors (Lipinski definition) is 5. The van der Waals surface area contributed by atoms with Crippen LogP contribution in [0.5, 0.6) is 5.75 Å². The van der Waals surface area contributed by atoms with E-state index in [1.54, 1.807) is 6.07 Å². The van der Waals surface area contributed by atoms with Gasteiger partial charge in [0.25, 0.3) is 0 Å². The SMILES string of the molecule is O=C(O)COC(Oc1ccccc1)(C(=O)O)C(=O)NNC(=O)CC1CCNCC1. The second-order valence-electron chi connectivity index (χ2n) is 6.42. The summed E-state index contributed by atoms with van der Waals surface area (Å²) in [4.78, 5) is 47.3. The molecule has 2 amide bonds. The van der Waals surface area contributed by atoms with E-state index < -0.39 is 36.1 Å². The molecule has 11 heteroatoms. The smallest absolute Gasteiger partial charge is 0.394 e. The number of rotatable bonds is 9. The van der Waals surface area contributed by atoms with Gasteiger partial charge in [-0.2, -0.15) is 0 Å². The quantitative estimate of drug-likeness (QED) is 0.205. The summed E-state index contributed by atoms with van der Waals surface area (Å²) in [7, 11) is 0. The van der Waals surface area contributed by atoms with Gasteiger partial charge in [0.05, 0.1) is 0 Å². The van der Waals surface area contributed by atoms with Crippen molar-refractivity contribution in [2.24, 2.45) is 5.92 Å². The molecule has 0 saturated carbocycles. The van der Waals surface area contributed by atoms with Crippen LogP contribution in [0.25, 0.3) is 0 Å². The first-order valence-electron chi connectivity index (χ1n) is 8.96. The lowest BCUT2D eigenvalue weighted by atomic mass is 9.94. The third-order valence-electron chi connectivity index (χ3n) is 4.23. The Morgan fingerprint density at radius 3 is 2.31 bits per heavy atom. The lowest BCUT2D eigenvalue weighted by Gasteiger charge is -2.28. The predicted molar refractivity (Wildman–Crippen MR) is 97.5 cm³/mol. The topological polar surface area (TPSA) is 163 Å². The van der Waals surface area contributed by atoms with Crippen molar-refractivity contribution in [3.63, 3.8) is 0 Å². The molecular formula is C18H23N3O8. The van der Waals surface area contributed by atoms with Crippen molar-refractivity contribution in [2.45, 2.75) is 25.0 Å². The van der Waals surface area contributed by atoms with Crippen LogP contribution in [0, 0.1) is 5.92 Å². The van der Waals surface area contributed by atoms with E-state index >= 15 is 0 Å². The minimum Gasteiger partial charge on any atom is -0.480 e. The number of piperidine rings is 1. The maximum absolute atomic E-state index is 12.6. The Labute approximate surface area is 166 Å². The fraction of sp³-hybridized carbons (Fsp3) is 0.444. The largest absolute Gasteiger partial charge is 0.480 e. The fourth-order valence-corrected chi connectivity index (χ4v) is 2.77. The summed E-state index contributed by atoms with van der Waals surface area (Å²) in [5.41, 5.74) is 4.09. The number of carboxylic acids is 2. The van der Waals surface area contributed by atoms with Crippen molar-refractivity contribution in [1.82, 2.24) is 16.2 Å². The second kappa shape index (κ2) is 10.4. The summed E-state index contributed by atoms with van der Waals surface area (Å²) in [6.45, 7) is 0.469. The Morgan fingerprint density at radius 1 is 1.07 bits per heavy atom. The zero-order chi connectivity index (χ0) is 21.3. The Bertz CT molecular complexity index is 736. The third-order valence-corrected chi connectivity index (χ3v) is 4.23. The average Bonchev–Trinajstić information content (AvgIpc) is 2.70. The number of para-hydroxylation sites is 1. The molecule has 0 bridgehead atoms. The van der Waals surface area contributed by atoms with Crippen LogP contribution >= 0.6 is 0 Å². The molecule has 2 rings (SSSR count). The van der Waals surface area contributed by atoms with Crippen LogP contribution in [0.1, 0.15) is 19.3 Å². The van der Waals surface area contributed by atoms with Gasteiger partial charge in [-0.25, -0.2) is 9.59 Å². The molecule has 29 heavy (non-hydrogen) atoms. The summed E-state index contributed by atoms with van der Waals surface area (Å²) < 4.78 is 10.0. The molecule has 0 aromatic heterocycles. The number of carboxylic acid groups (broad SMARTS) is 2. The number of carbonyl (C=O) groups is 4. The lowest BCUT2D eigenvalue weighted by Crippen LogP contribution is -2.62. The number of benzene rings is 1. The summed E-state index contributed by atoms with van der Waals surface area (Å²) in [6.07, 6.45) is 1.76. The molecule has 0 spiro atoms. The molecule has 1 aromatic carbocycles. The first-order valence-corrected chi connectivity index (χ1v) is 8.96. The molecule has 1 unspecified atom stereocenters. The Hall–Kier alpha value is -3.18. The van der Waals surface area contributed by atoms with Gasteiger partial charge in [0.15, 0.2) is 0 Å².